The Hall–Kier alpha value is -2.26. The summed E-state index contributed by atoms with van der Waals surface area (Å²) in [5, 5.41) is 6.94. The largest absolute Gasteiger partial charge is 0.350 e. The third-order valence-electron chi connectivity index (χ3n) is 5.03. The molecule has 2 rings (SSSR count). The highest BCUT2D eigenvalue weighted by Crippen LogP contribution is 2.20. The Bertz CT molecular complexity index is 958. The van der Waals surface area contributed by atoms with Crippen molar-refractivity contribution in [1.29, 1.82) is 0 Å². The lowest BCUT2D eigenvalue weighted by Gasteiger charge is -2.19. The van der Waals surface area contributed by atoms with Gasteiger partial charge < -0.3 is 9.84 Å². The summed E-state index contributed by atoms with van der Waals surface area (Å²) in [6, 6.07) is 6.44. The van der Waals surface area contributed by atoms with Gasteiger partial charge in [0.15, 0.2) is 5.82 Å². The molecule has 0 spiro atoms. The Kier molecular flexibility index (Phi) is 8.36. The first-order valence-corrected chi connectivity index (χ1v) is 12.2. The first-order chi connectivity index (χ1) is 14.5. The van der Waals surface area contributed by atoms with Gasteiger partial charge >= 0.3 is 0 Å². The number of rotatable bonds is 10. The number of hydrogen-bond acceptors (Lipinski definition) is 6. The lowest BCUT2D eigenvalue weighted by Crippen LogP contribution is -2.30. The van der Waals surface area contributed by atoms with E-state index in [1.807, 2.05) is 41.5 Å². The molecule has 1 unspecified atom stereocenters. The molecule has 31 heavy (non-hydrogen) atoms. The number of benzene rings is 1. The summed E-state index contributed by atoms with van der Waals surface area (Å²) in [7, 11) is -3.49. The zero-order chi connectivity index (χ0) is 23.2. The van der Waals surface area contributed by atoms with Crippen LogP contribution in [0.25, 0.3) is 0 Å². The Morgan fingerprint density at radius 1 is 1.16 bits per heavy atom. The van der Waals surface area contributed by atoms with Crippen LogP contribution in [0.5, 0.6) is 0 Å². The van der Waals surface area contributed by atoms with Crippen LogP contribution in [-0.2, 0) is 26.7 Å². The molecule has 172 valence electrons. The van der Waals surface area contributed by atoms with E-state index in [9.17, 15) is 13.2 Å². The van der Waals surface area contributed by atoms with Crippen LogP contribution in [0.3, 0.4) is 0 Å². The number of hydrogen-bond donors (Lipinski definition) is 1. The van der Waals surface area contributed by atoms with Gasteiger partial charge in [-0.1, -0.05) is 51.9 Å². The number of sulfonamides is 1. The SMILES string of the molecule is CCN(CC)S(=O)(=O)c1ccc(C(C)NC(=O)CCCc2nc(C(C)(C)C)no2)cc1. The predicted molar refractivity (Wildman–Crippen MR) is 119 cm³/mol. The molecular weight excluding hydrogens is 416 g/mol. The van der Waals surface area contributed by atoms with Crippen molar-refractivity contribution in [1.82, 2.24) is 19.8 Å². The van der Waals surface area contributed by atoms with E-state index >= 15 is 0 Å². The molecule has 9 heteroatoms. The molecule has 1 aromatic heterocycles. The normalized spacial score (nSPS) is 13.4. The maximum Gasteiger partial charge on any atom is 0.243 e. The van der Waals surface area contributed by atoms with Crippen molar-refractivity contribution in [2.45, 2.75) is 77.2 Å². The van der Waals surface area contributed by atoms with E-state index in [2.05, 4.69) is 15.5 Å². The number of nitrogens with one attached hydrogen (secondary N) is 1. The summed E-state index contributed by atoms with van der Waals surface area (Å²) in [4.78, 5) is 16.9. The zero-order valence-corrected chi connectivity index (χ0v) is 20.1. The summed E-state index contributed by atoms with van der Waals surface area (Å²) in [6.07, 6.45) is 1.49. The minimum absolute atomic E-state index is 0.0806. The fourth-order valence-corrected chi connectivity index (χ4v) is 4.56. The average molecular weight is 451 g/mol. The van der Waals surface area contributed by atoms with E-state index in [-0.39, 0.29) is 22.3 Å². The molecule has 0 aliphatic carbocycles. The molecule has 1 N–H and O–H groups in total. The summed E-state index contributed by atoms with van der Waals surface area (Å²) in [6.45, 7) is 12.4. The van der Waals surface area contributed by atoms with Crippen molar-refractivity contribution in [3.8, 4) is 0 Å². The molecule has 0 aliphatic heterocycles. The van der Waals surface area contributed by atoms with Gasteiger partial charge in [-0.15, -0.1) is 0 Å². The number of aryl methyl sites for hydroxylation is 1. The van der Waals surface area contributed by atoms with Gasteiger partial charge in [0.25, 0.3) is 0 Å². The molecule has 0 radical (unpaired) electrons. The number of aromatic nitrogens is 2. The van der Waals surface area contributed by atoms with Gasteiger partial charge in [-0.05, 0) is 31.0 Å². The number of carbonyl (C=O) groups is 1. The molecule has 0 bridgehead atoms. The number of amides is 1. The van der Waals surface area contributed by atoms with Gasteiger partial charge in [0.1, 0.15) is 0 Å². The van der Waals surface area contributed by atoms with Crippen molar-refractivity contribution in [2.24, 2.45) is 0 Å². The van der Waals surface area contributed by atoms with Crippen LogP contribution in [0.2, 0.25) is 0 Å². The van der Waals surface area contributed by atoms with Crippen molar-refractivity contribution < 1.29 is 17.7 Å². The molecule has 1 atom stereocenters. The standard InChI is InChI=1S/C22H34N4O4S/c1-7-26(8-2)31(28,29)18-14-12-17(13-15-18)16(3)23-19(27)10-9-11-20-24-21(25-30-20)22(4,5)6/h12-16H,7-11H2,1-6H3,(H,23,27). The lowest BCUT2D eigenvalue weighted by atomic mass is 9.96. The molecule has 1 amide bonds. The number of carbonyl (C=O) groups excluding carboxylic acids is 1. The smallest absolute Gasteiger partial charge is 0.243 e. The van der Waals surface area contributed by atoms with E-state index in [1.165, 1.54) is 4.31 Å². The second kappa shape index (κ2) is 10.4. The van der Waals surface area contributed by atoms with E-state index < -0.39 is 10.0 Å². The van der Waals surface area contributed by atoms with Gasteiger partial charge in [-0.25, -0.2) is 8.42 Å². The van der Waals surface area contributed by atoms with E-state index in [0.717, 1.165) is 5.56 Å². The summed E-state index contributed by atoms with van der Waals surface area (Å²) >= 11 is 0. The van der Waals surface area contributed by atoms with Crippen LogP contribution in [0.15, 0.2) is 33.7 Å². The van der Waals surface area contributed by atoms with Crippen molar-refractivity contribution in [3.05, 3.63) is 41.5 Å². The van der Waals surface area contributed by atoms with Gasteiger partial charge in [-0.3, -0.25) is 4.79 Å². The topological polar surface area (TPSA) is 105 Å². The van der Waals surface area contributed by atoms with Gasteiger partial charge in [0.05, 0.1) is 10.9 Å². The first-order valence-electron chi connectivity index (χ1n) is 10.7. The van der Waals surface area contributed by atoms with Crippen LogP contribution in [0.4, 0.5) is 0 Å². The van der Waals surface area contributed by atoms with Crippen LogP contribution < -0.4 is 5.32 Å². The van der Waals surface area contributed by atoms with E-state index in [1.54, 1.807) is 24.3 Å². The molecule has 0 saturated carbocycles. The fraction of sp³-hybridized carbons (Fsp3) is 0.591. The highest BCUT2D eigenvalue weighted by molar-refractivity contribution is 7.89. The summed E-state index contributed by atoms with van der Waals surface area (Å²) in [5.41, 5.74) is 0.674. The maximum absolute atomic E-state index is 12.6. The van der Waals surface area contributed by atoms with E-state index in [0.29, 0.717) is 44.1 Å². The maximum atomic E-state index is 12.6. The molecule has 1 aromatic carbocycles. The third kappa shape index (κ3) is 6.61. The predicted octanol–water partition coefficient (Wildman–Crippen LogP) is 3.60. The van der Waals surface area contributed by atoms with Gasteiger partial charge in [-0.2, -0.15) is 9.29 Å². The summed E-state index contributed by atoms with van der Waals surface area (Å²) in [5.74, 6) is 1.12. The molecule has 0 saturated heterocycles. The van der Waals surface area contributed by atoms with Crippen LogP contribution in [0, 0.1) is 0 Å². The summed E-state index contributed by atoms with van der Waals surface area (Å²) < 4.78 is 31.8. The molecular formula is C22H34N4O4S. The highest BCUT2D eigenvalue weighted by atomic mass is 32.2. The van der Waals surface area contributed by atoms with Gasteiger partial charge in [0, 0.05) is 31.3 Å². The number of nitrogens with zero attached hydrogens (tertiary/aromatic N) is 3. The lowest BCUT2D eigenvalue weighted by molar-refractivity contribution is -0.121. The average Bonchev–Trinajstić information content (AvgIpc) is 3.18. The third-order valence-corrected chi connectivity index (χ3v) is 7.10. The molecule has 0 fully saturated rings. The first kappa shape index (κ1) is 25.0. The minimum atomic E-state index is -3.49. The Morgan fingerprint density at radius 2 is 1.77 bits per heavy atom. The Morgan fingerprint density at radius 3 is 2.29 bits per heavy atom. The van der Waals surface area contributed by atoms with E-state index in [4.69, 9.17) is 4.52 Å². The Labute approximate surface area is 185 Å². The second-order valence-corrected chi connectivity index (χ2v) is 10.5. The Balaban J connectivity index is 1.88. The van der Waals surface area contributed by atoms with Crippen molar-refractivity contribution in [3.63, 3.8) is 0 Å². The minimum Gasteiger partial charge on any atom is -0.350 e. The van der Waals surface area contributed by atoms with Crippen molar-refractivity contribution >= 4 is 15.9 Å². The molecule has 0 aliphatic rings. The zero-order valence-electron chi connectivity index (χ0n) is 19.3. The molecule has 2 aromatic rings. The highest BCUT2D eigenvalue weighted by Gasteiger charge is 2.22. The van der Waals surface area contributed by atoms with Crippen LogP contribution in [0.1, 0.15) is 77.7 Å². The monoisotopic (exact) mass is 450 g/mol. The fourth-order valence-electron chi connectivity index (χ4n) is 3.10. The van der Waals surface area contributed by atoms with Gasteiger partial charge in [0.2, 0.25) is 21.8 Å². The van der Waals surface area contributed by atoms with Crippen LogP contribution in [-0.4, -0.2) is 41.9 Å². The van der Waals surface area contributed by atoms with Crippen molar-refractivity contribution in [2.75, 3.05) is 13.1 Å². The second-order valence-electron chi connectivity index (χ2n) is 8.56. The quantitative estimate of drug-likeness (QED) is 0.593. The van der Waals surface area contributed by atoms with Crippen LogP contribution >= 0.6 is 0 Å². The molecule has 8 nitrogen and oxygen atoms in total. The molecule has 1 heterocycles.